The topological polar surface area (TPSA) is 52.1 Å². The van der Waals surface area contributed by atoms with E-state index in [1.807, 2.05) is 0 Å². The van der Waals surface area contributed by atoms with Gasteiger partial charge in [-0.2, -0.15) is 0 Å². The zero-order valence-corrected chi connectivity index (χ0v) is 8.71. The minimum absolute atomic E-state index is 0.277. The Morgan fingerprint density at radius 2 is 2.07 bits per heavy atom. The third-order valence-electron chi connectivity index (χ3n) is 1.56. The van der Waals surface area contributed by atoms with Crippen molar-refractivity contribution in [2.24, 2.45) is 0 Å². The summed E-state index contributed by atoms with van der Waals surface area (Å²) in [4.78, 5) is 0. The molecule has 2 rings (SSSR count). The summed E-state index contributed by atoms with van der Waals surface area (Å²) in [5, 5.41) is 7.48. The molecule has 0 bridgehead atoms. The van der Waals surface area contributed by atoms with Crippen molar-refractivity contribution < 1.29 is 8.83 Å². The van der Waals surface area contributed by atoms with E-state index in [4.69, 9.17) is 32.0 Å². The van der Waals surface area contributed by atoms with E-state index >= 15 is 0 Å². The number of hydrogen-bond acceptors (Lipinski definition) is 4. The Morgan fingerprint density at radius 1 is 1.29 bits per heavy atom. The molecule has 2 heterocycles. The van der Waals surface area contributed by atoms with Gasteiger partial charge in [-0.25, -0.2) is 0 Å². The third kappa shape index (κ3) is 1.76. The summed E-state index contributed by atoms with van der Waals surface area (Å²) in [5.41, 5.74) is 0. The Bertz CT molecular complexity index is 436. The highest BCUT2D eigenvalue weighted by molar-refractivity contribution is 6.28. The summed E-state index contributed by atoms with van der Waals surface area (Å²) in [6.07, 6.45) is 0. The number of rotatable bonds is 2. The molecule has 1 unspecified atom stereocenters. The van der Waals surface area contributed by atoms with E-state index in [0.29, 0.717) is 11.7 Å². The van der Waals surface area contributed by atoms with Gasteiger partial charge in [-0.05, 0) is 30.7 Å². The number of furan rings is 1. The van der Waals surface area contributed by atoms with Crippen LogP contribution in [0.25, 0.3) is 11.7 Å². The van der Waals surface area contributed by atoms with Gasteiger partial charge < -0.3 is 8.83 Å². The number of nitrogens with zero attached hydrogens (tertiary/aromatic N) is 2. The highest BCUT2D eigenvalue weighted by atomic mass is 35.5. The Hall–Kier alpha value is -1.00. The highest BCUT2D eigenvalue weighted by Gasteiger charge is 2.14. The zero-order chi connectivity index (χ0) is 10.1. The van der Waals surface area contributed by atoms with Gasteiger partial charge in [0.25, 0.3) is 5.89 Å². The first kappa shape index (κ1) is 9.55. The van der Waals surface area contributed by atoms with Gasteiger partial charge in [-0.1, -0.05) is 0 Å². The van der Waals surface area contributed by atoms with Gasteiger partial charge in [0.1, 0.15) is 5.38 Å². The molecule has 0 saturated carbocycles. The summed E-state index contributed by atoms with van der Waals surface area (Å²) in [6.45, 7) is 1.74. The lowest BCUT2D eigenvalue weighted by Gasteiger charge is -1.91. The van der Waals surface area contributed by atoms with Crippen LogP contribution >= 0.6 is 23.2 Å². The molecule has 6 heteroatoms. The van der Waals surface area contributed by atoms with Crippen LogP contribution in [-0.4, -0.2) is 10.2 Å². The molecule has 0 aliphatic rings. The molecule has 4 nitrogen and oxygen atoms in total. The van der Waals surface area contributed by atoms with E-state index in [0.717, 1.165) is 0 Å². The second kappa shape index (κ2) is 3.63. The SMILES string of the molecule is CC(Cl)c1nnc(-c2ccc(Cl)o2)o1. The zero-order valence-electron chi connectivity index (χ0n) is 7.20. The quantitative estimate of drug-likeness (QED) is 0.746. The van der Waals surface area contributed by atoms with Gasteiger partial charge in [-0.15, -0.1) is 21.8 Å². The first-order valence-electron chi connectivity index (χ1n) is 3.90. The van der Waals surface area contributed by atoms with E-state index in [2.05, 4.69) is 10.2 Å². The predicted octanol–water partition coefficient (Wildman–Crippen LogP) is 3.28. The first-order valence-corrected chi connectivity index (χ1v) is 4.71. The van der Waals surface area contributed by atoms with Crippen molar-refractivity contribution in [3.05, 3.63) is 23.2 Å². The van der Waals surface area contributed by atoms with Gasteiger partial charge in [-0.3, -0.25) is 0 Å². The average Bonchev–Trinajstić information content (AvgIpc) is 2.70. The second-order valence-corrected chi connectivity index (χ2v) is 3.69. The van der Waals surface area contributed by atoms with Crippen molar-refractivity contribution in [1.82, 2.24) is 10.2 Å². The van der Waals surface area contributed by atoms with E-state index in [1.165, 1.54) is 0 Å². The molecule has 0 fully saturated rings. The number of alkyl halides is 1. The molecule has 74 valence electrons. The molecular formula is C8H6Cl2N2O2. The molecule has 1 atom stereocenters. The molecule has 0 spiro atoms. The van der Waals surface area contributed by atoms with E-state index in [9.17, 15) is 0 Å². The average molecular weight is 233 g/mol. The standard InChI is InChI=1S/C8H6Cl2N2O2/c1-4(9)7-11-12-8(14-7)5-2-3-6(10)13-5/h2-4H,1H3. The maximum atomic E-state index is 5.76. The minimum Gasteiger partial charge on any atom is -0.440 e. The number of aromatic nitrogens is 2. The molecular weight excluding hydrogens is 227 g/mol. The number of hydrogen-bond donors (Lipinski definition) is 0. The third-order valence-corrected chi connectivity index (χ3v) is 1.95. The lowest BCUT2D eigenvalue weighted by molar-refractivity contribution is 0.481. The molecule has 0 saturated heterocycles. The molecule has 0 N–H and O–H groups in total. The lowest BCUT2D eigenvalue weighted by Crippen LogP contribution is -1.81. The predicted molar refractivity (Wildman–Crippen MR) is 51.3 cm³/mol. The van der Waals surface area contributed by atoms with Crippen LogP contribution in [0.5, 0.6) is 0 Å². The van der Waals surface area contributed by atoms with Crippen LogP contribution in [0, 0.1) is 0 Å². The molecule has 0 radical (unpaired) electrons. The van der Waals surface area contributed by atoms with Gasteiger partial charge in [0.2, 0.25) is 5.89 Å². The molecule has 14 heavy (non-hydrogen) atoms. The molecule has 2 aromatic heterocycles. The Balaban J connectivity index is 2.33. The summed E-state index contributed by atoms with van der Waals surface area (Å²) in [5.74, 6) is 1.07. The van der Waals surface area contributed by atoms with Gasteiger partial charge in [0, 0.05) is 0 Å². The minimum atomic E-state index is -0.318. The van der Waals surface area contributed by atoms with Crippen molar-refractivity contribution in [2.45, 2.75) is 12.3 Å². The largest absolute Gasteiger partial charge is 0.440 e. The van der Waals surface area contributed by atoms with Crippen LogP contribution in [-0.2, 0) is 0 Å². The van der Waals surface area contributed by atoms with Crippen molar-refractivity contribution in [1.29, 1.82) is 0 Å². The maximum absolute atomic E-state index is 5.76. The van der Waals surface area contributed by atoms with E-state index < -0.39 is 0 Å². The van der Waals surface area contributed by atoms with Gasteiger partial charge in [0.05, 0.1) is 0 Å². The molecule has 2 aromatic rings. The fraction of sp³-hybridized carbons (Fsp3) is 0.250. The molecule has 0 aromatic carbocycles. The summed E-state index contributed by atoms with van der Waals surface area (Å²) < 4.78 is 10.3. The van der Waals surface area contributed by atoms with Crippen LogP contribution in [0.15, 0.2) is 21.0 Å². The van der Waals surface area contributed by atoms with Crippen LogP contribution < -0.4 is 0 Å². The normalized spacial score (nSPS) is 13.1. The van der Waals surface area contributed by atoms with E-state index in [1.54, 1.807) is 19.1 Å². The smallest absolute Gasteiger partial charge is 0.283 e. The molecule has 0 aliphatic carbocycles. The Labute approximate surface area is 89.8 Å². The van der Waals surface area contributed by atoms with E-state index in [-0.39, 0.29) is 16.5 Å². The Kier molecular flexibility index (Phi) is 2.48. The van der Waals surface area contributed by atoms with Crippen molar-refractivity contribution in [3.63, 3.8) is 0 Å². The molecule has 0 aliphatic heterocycles. The summed E-state index contributed by atoms with van der Waals surface area (Å²) in [6, 6.07) is 3.25. The lowest BCUT2D eigenvalue weighted by atomic mass is 10.4. The van der Waals surface area contributed by atoms with Crippen molar-refractivity contribution >= 4 is 23.2 Å². The van der Waals surface area contributed by atoms with Crippen molar-refractivity contribution in [2.75, 3.05) is 0 Å². The Morgan fingerprint density at radius 3 is 2.57 bits per heavy atom. The maximum Gasteiger partial charge on any atom is 0.283 e. The fourth-order valence-corrected chi connectivity index (χ4v) is 1.16. The summed E-state index contributed by atoms with van der Waals surface area (Å²) >= 11 is 11.4. The van der Waals surface area contributed by atoms with Gasteiger partial charge in [0.15, 0.2) is 11.0 Å². The van der Waals surface area contributed by atoms with Crippen LogP contribution in [0.4, 0.5) is 0 Å². The second-order valence-electron chi connectivity index (χ2n) is 2.67. The van der Waals surface area contributed by atoms with Gasteiger partial charge >= 0.3 is 0 Å². The number of halogens is 2. The first-order chi connectivity index (χ1) is 6.66. The van der Waals surface area contributed by atoms with Crippen LogP contribution in [0.1, 0.15) is 18.2 Å². The fourth-order valence-electron chi connectivity index (χ4n) is 0.924. The van der Waals surface area contributed by atoms with Crippen LogP contribution in [0.2, 0.25) is 5.22 Å². The van der Waals surface area contributed by atoms with Crippen molar-refractivity contribution in [3.8, 4) is 11.7 Å². The van der Waals surface area contributed by atoms with Crippen LogP contribution in [0.3, 0.4) is 0 Å². The molecule has 0 amide bonds. The highest BCUT2D eigenvalue weighted by Crippen LogP contribution is 2.26. The summed E-state index contributed by atoms with van der Waals surface area (Å²) in [7, 11) is 0. The monoisotopic (exact) mass is 232 g/mol.